The van der Waals surface area contributed by atoms with Gasteiger partial charge < -0.3 is 15.7 Å². The first-order valence-electron chi connectivity index (χ1n) is 6.62. The van der Waals surface area contributed by atoms with Gasteiger partial charge in [-0.3, -0.25) is 4.79 Å². The zero-order valence-corrected chi connectivity index (χ0v) is 11.2. The van der Waals surface area contributed by atoms with Crippen LogP contribution >= 0.6 is 0 Å². The largest absolute Gasteiger partial charge is 0.396 e. The first-order chi connectivity index (χ1) is 9.27. The predicted molar refractivity (Wildman–Crippen MR) is 78.4 cm³/mol. The third kappa shape index (κ3) is 6.06. The molecule has 0 aliphatic carbocycles. The van der Waals surface area contributed by atoms with E-state index in [0.717, 1.165) is 25.1 Å². The van der Waals surface area contributed by atoms with Gasteiger partial charge in [-0.2, -0.15) is 0 Å². The molecule has 0 aliphatic rings. The molecule has 0 saturated carbocycles. The summed E-state index contributed by atoms with van der Waals surface area (Å²) >= 11 is 0. The molecule has 0 aromatic heterocycles. The zero-order chi connectivity index (χ0) is 13.9. The lowest BCUT2D eigenvalue weighted by molar-refractivity contribution is 0.0951. The minimum atomic E-state index is -0.105. The van der Waals surface area contributed by atoms with Crippen molar-refractivity contribution >= 4 is 11.6 Å². The van der Waals surface area contributed by atoms with Crippen molar-refractivity contribution in [3.05, 3.63) is 42.5 Å². The number of aliphatic hydroxyl groups excluding tert-OH is 1. The van der Waals surface area contributed by atoms with Crippen LogP contribution in [-0.2, 0) is 0 Å². The lowest BCUT2D eigenvalue weighted by atomic mass is 10.2. The summed E-state index contributed by atoms with van der Waals surface area (Å²) in [7, 11) is 0. The highest BCUT2D eigenvalue weighted by Gasteiger charge is 2.03. The molecule has 0 bridgehead atoms. The van der Waals surface area contributed by atoms with Crippen LogP contribution in [0.5, 0.6) is 0 Å². The molecule has 0 fully saturated rings. The fraction of sp³-hybridized carbons (Fsp3) is 0.400. The summed E-state index contributed by atoms with van der Waals surface area (Å²) in [5.74, 6) is -0.105. The van der Waals surface area contributed by atoms with Crippen molar-refractivity contribution < 1.29 is 9.90 Å². The van der Waals surface area contributed by atoms with Crippen LogP contribution < -0.4 is 10.6 Å². The molecule has 0 spiro atoms. The molecule has 0 heterocycles. The Kier molecular flexibility index (Phi) is 7.35. The van der Waals surface area contributed by atoms with Crippen LogP contribution in [0.4, 0.5) is 5.69 Å². The van der Waals surface area contributed by atoms with Crippen molar-refractivity contribution in [3.63, 3.8) is 0 Å². The fourth-order valence-electron chi connectivity index (χ4n) is 1.60. The quantitative estimate of drug-likeness (QED) is 0.472. The van der Waals surface area contributed by atoms with E-state index in [9.17, 15) is 4.79 Å². The van der Waals surface area contributed by atoms with Gasteiger partial charge in [-0.1, -0.05) is 6.08 Å². The van der Waals surface area contributed by atoms with Gasteiger partial charge in [-0.15, -0.1) is 6.58 Å². The fourth-order valence-corrected chi connectivity index (χ4v) is 1.60. The van der Waals surface area contributed by atoms with Crippen LogP contribution in [0, 0.1) is 0 Å². The van der Waals surface area contributed by atoms with Gasteiger partial charge in [0, 0.05) is 30.9 Å². The van der Waals surface area contributed by atoms with Crippen molar-refractivity contribution in [3.8, 4) is 0 Å². The lowest BCUT2D eigenvalue weighted by Gasteiger charge is -2.07. The van der Waals surface area contributed by atoms with E-state index in [2.05, 4.69) is 17.2 Å². The Morgan fingerprint density at radius 3 is 2.58 bits per heavy atom. The van der Waals surface area contributed by atoms with E-state index in [1.807, 2.05) is 18.2 Å². The van der Waals surface area contributed by atoms with Crippen LogP contribution in [0.15, 0.2) is 36.9 Å². The summed E-state index contributed by atoms with van der Waals surface area (Å²) in [6.45, 7) is 5.16. The predicted octanol–water partition coefficient (Wildman–Crippen LogP) is 2.18. The van der Waals surface area contributed by atoms with E-state index in [0.29, 0.717) is 18.5 Å². The summed E-state index contributed by atoms with van der Waals surface area (Å²) in [5, 5.41) is 14.7. The average molecular weight is 262 g/mol. The summed E-state index contributed by atoms with van der Waals surface area (Å²) in [5.41, 5.74) is 1.64. The van der Waals surface area contributed by atoms with E-state index in [1.54, 1.807) is 12.1 Å². The van der Waals surface area contributed by atoms with Crippen LogP contribution in [0.2, 0.25) is 0 Å². The molecular formula is C15H22N2O2. The molecule has 4 heteroatoms. The minimum absolute atomic E-state index is 0.0911. The van der Waals surface area contributed by atoms with E-state index in [1.165, 1.54) is 0 Å². The summed E-state index contributed by atoms with van der Waals surface area (Å²) in [6, 6.07) is 7.39. The average Bonchev–Trinajstić information content (AvgIpc) is 2.44. The molecule has 1 aromatic rings. The third-order valence-electron chi connectivity index (χ3n) is 2.68. The van der Waals surface area contributed by atoms with Crippen molar-refractivity contribution in [2.75, 3.05) is 25.0 Å². The Hall–Kier alpha value is -1.81. The van der Waals surface area contributed by atoms with Gasteiger partial charge in [0.05, 0.1) is 0 Å². The van der Waals surface area contributed by atoms with Gasteiger partial charge in [0.1, 0.15) is 0 Å². The number of benzene rings is 1. The number of hydrogen-bond donors (Lipinski definition) is 3. The van der Waals surface area contributed by atoms with Gasteiger partial charge in [0.15, 0.2) is 0 Å². The molecule has 1 amide bonds. The first-order valence-corrected chi connectivity index (χ1v) is 6.62. The second-order valence-corrected chi connectivity index (χ2v) is 4.27. The normalized spacial score (nSPS) is 9.95. The highest BCUT2D eigenvalue weighted by Crippen LogP contribution is 2.09. The topological polar surface area (TPSA) is 61.4 Å². The first kappa shape index (κ1) is 15.2. The number of allylic oxidation sites excluding steroid dienone is 1. The lowest BCUT2D eigenvalue weighted by Crippen LogP contribution is -2.24. The van der Waals surface area contributed by atoms with Gasteiger partial charge >= 0.3 is 0 Å². The SMILES string of the molecule is C=CCCCNc1ccc(C(=O)NCCCO)cc1. The number of unbranched alkanes of at least 4 members (excludes halogenated alkanes) is 1. The molecule has 3 N–H and O–H groups in total. The number of nitrogens with one attached hydrogen (secondary N) is 2. The number of rotatable bonds is 9. The van der Waals surface area contributed by atoms with E-state index < -0.39 is 0 Å². The molecule has 0 aliphatic heterocycles. The molecule has 1 aromatic carbocycles. The van der Waals surface area contributed by atoms with Crippen LogP contribution in [0.3, 0.4) is 0 Å². The van der Waals surface area contributed by atoms with Crippen LogP contribution in [0.1, 0.15) is 29.6 Å². The molecule has 19 heavy (non-hydrogen) atoms. The van der Waals surface area contributed by atoms with Gasteiger partial charge in [-0.25, -0.2) is 0 Å². The Bertz CT molecular complexity index is 388. The molecule has 0 radical (unpaired) electrons. The summed E-state index contributed by atoms with van der Waals surface area (Å²) < 4.78 is 0. The van der Waals surface area contributed by atoms with Crippen molar-refractivity contribution in [1.82, 2.24) is 5.32 Å². The van der Waals surface area contributed by atoms with E-state index >= 15 is 0 Å². The Morgan fingerprint density at radius 1 is 1.21 bits per heavy atom. The maximum atomic E-state index is 11.7. The molecular weight excluding hydrogens is 240 g/mol. The number of aliphatic hydroxyl groups is 1. The maximum Gasteiger partial charge on any atom is 0.251 e. The molecule has 0 unspecified atom stereocenters. The third-order valence-corrected chi connectivity index (χ3v) is 2.68. The standard InChI is InChI=1S/C15H22N2O2/c1-2-3-4-10-16-14-8-6-13(7-9-14)15(19)17-11-5-12-18/h2,6-9,16,18H,1,3-5,10-12H2,(H,17,19). The van der Waals surface area contributed by atoms with Crippen molar-refractivity contribution in [2.24, 2.45) is 0 Å². The highest BCUT2D eigenvalue weighted by molar-refractivity contribution is 5.94. The molecule has 0 atom stereocenters. The van der Waals surface area contributed by atoms with Gasteiger partial charge in [0.2, 0.25) is 0 Å². The summed E-state index contributed by atoms with van der Waals surface area (Å²) in [6.07, 6.45) is 4.53. The second-order valence-electron chi connectivity index (χ2n) is 4.27. The molecule has 0 saturated heterocycles. The van der Waals surface area contributed by atoms with Gasteiger partial charge in [-0.05, 0) is 43.5 Å². The van der Waals surface area contributed by atoms with Crippen molar-refractivity contribution in [1.29, 1.82) is 0 Å². The molecule has 4 nitrogen and oxygen atoms in total. The molecule has 104 valence electrons. The zero-order valence-electron chi connectivity index (χ0n) is 11.2. The van der Waals surface area contributed by atoms with Gasteiger partial charge in [0.25, 0.3) is 5.91 Å². The monoisotopic (exact) mass is 262 g/mol. The van der Waals surface area contributed by atoms with Crippen LogP contribution in [-0.4, -0.2) is 30.7 Å². The maximum absolute atomic E-state index is 11.7. The van der Waals surface area contributed by atoms with Crippen LogP contribution in [0.25, 0.3) is 0 Å². The number of hydrogen-bond acceptors (Lipinski definition) is 3. The Balaban J connectivity index is 2.37. The number of carbonyl (C=O) groups is 1. The molecule has 1 rings (SSSR count). The number of carbonyl (C=O) groups excluding carboxylic acids is 1. The van der Waals surface area contributed by atoms with E-state index in [-0.39, 0.29) is 12.5 Å². The Morgan fingerprint density at radius 2 is 1.95 bits per heavy atom. The van der Waals surface area contributed by atoms with Crippen molar-refractivity contribution in [2.45, 2.75) is 19.3 Å². The second kappa shape index (κ2) is 9.16. The Labute approximate surface area is 114 Å². The number of anilines is 1. The number of amides is 1. The summed E-state index contributed by atoms with van der Waals surface area (Å²) in [4.78, 5) is 11.7. The highest BCUT2D eigenvalue weighted by atomic mass is 16.3. The minimum Gasteiger partial charge on any atom is -0.396 e. The van der Waals surface area contributed by atoms with E-state index in [4.69, 9.17) is 5.11 Å². The smallest absolute Gasteiger partial charge is 0.251 e.